The Kier molecular flexibility index (Phi) is 9.13. The van der Waals surface area contributed by atoms with Gasteiger partial charge in [-0.1, -0.05) is 38.8 Å². The number of benzene rings is 1. The van der Waals surface area contributed by atoms with Crippen molar-refractivity contribution in [1.29, 1.82) is 0 Å². The second-order valence-electron chi connectivity index (χ2n) is 9.10. The summed E-state index contributed by atoms with van der Waals surface area (Å²) >= 11 is 0. The number of hydrogen-bond donors (Lipinski definition) is 2. The van der Waals surface area contributed by atoms with Gasteiger partial charge in [-0.05, 0) is 55.0 Å². The summed E-state index contributed by atoms with van der Waals surface area (Å²) in [4.78, 5) is 40.8. The van der Waals surface area contributed by atoms with Crippen molar-refractivity contribution in [3.05, 3.63) is 54.0 Å². The Morgan fingerprint density at radius 1 is 1.12 bits per heavy atom. The van der Waals surface area contributed by atoms with Crippen LogP contribution in [0.2, 0.25) is 0 Å². The molecule has 0 spiro atoms. The summed E-state index contributed by atoms with van der Waals surface area (Å²) in [5.74, 6) is 0.132. The quantitative estimate of drug-likeness (QED) is 0.523. The molecule has 1 aliphatic rings. The second-order valence-corrected chi connectivity index (χ2v) is 9.10. The van der Waals surface area contributed by atoms with Crippen LogP contribution in [0.3, 0.4) is 0 Å². The maximum Gasteiger partial charge on any atom is 0.287 e. The largest absolute Gasteiger partial charge is 0.497 e. The van der Waals surface area contributed by atoms with Gasteiger partial charge in [-0.2, -0.15) is 0 Å². The van der Waals surface area contributed by atoms with E-state index in [-0.39, 0.29) is 30.2 Å². The molecule has 0 aliphatic heterocycles. The molecule has 1 saturated carbocycles. The van der Waals surface area contributed by atoms with Crippen LogP contribution in [0.5, 0.6) is 5.75 Å². The van der Waals surface area contributed by atoms with E-state index in [4.69, 9.17) is 9.15 Å². The molecule has 0 radical (unpaired) electrons. The van der Waals surface area contributed by atoms with Crippen molar-refractivity contribution >= 4 is 17.7 Å². The molecule has 2 N–H and O–H groups in total. The van der Waals surface area contributed by atoms with E-state index < -0.39 is 11.9 Å². The summed E-state index contributed by atoms with van der Waals surface area (Å²) in [6.45, 7) is 4.30. The van der Waals surface area contributed by atoms with Crippen molar-refractivity contribution in [1.82, 2.24) is 15.5 Å². The molecule has 1 aliphatic carbocycles. The van der Waals surface area contributed by atoms with E-state index in [2.05, 4.69) is 24.5 Å². The van der Waals surface area contributed by atoms with E-state index in [1.807, 2.05) is 12.1 Å². The summed E-state index contributed by atoms with van der Waals surface area (Å²) in [6.07, 6.45) is 6.19. The molecule has 0 saturated heterocycles. The van der Waals surface area contributed by atoms with Crippen LogP contribution in [0.4, 0.5) is 0 Å². The zero-order chi connectivity index (χ0) is 24.5. The van der Waals surface area contributed by atoms with E-state index in [0.717, 1.165) is 32.1 Å². The molecule has 1 atom stereocenters. The van der Waals surface area contributed by atoms with Crippen LogP contribution in [0.25, 0.3) is 0 Å². The average molecular weight is 470 g/mol. The van der Waals surface area contributed by atoms with Crippen molar-refractivity contribution in [2.45, 2.75) is 58.0 Å². The number of nitrogens with one attached hydrogen (secondary N) is 2. The molecule has 2 aromatic rings. The van der Waals surface area contributed by atoms with Gasteiger partial charge in [-0.3, -0.25) is 14.4 Å². The van der Waals surface area contributed by atoms with Gasteiger partial charge in [-0.25, -0.2) is 0 Å². The van der Waals surface area contributed by atoms with Crippen molar-refractivity contribution in [3.63, 3.8) is 0 Å². The molecule has 1 aromatic heterocycles. The van der Waals surface area contributed by atoms with Crippen molar-refractivity contribution in [2.24, 2.45) is 5.92 Å². The fraction of sp³-hybridized carbons (Fsp3) is 0.500. The van der Waals surface area contributed by atoms with Gasteiger partial charge in [-0.15, -0.1) is 0 Å². The first-order valence-electron chi connectivity index (χ1n) is 11.9. The molecule has 3 amide bonds. The Balaban J connectivity index is 1.84. The molecule has 0 bridgehead atoms. The highest BCUT2D eigenvalue weighted by molar-refractivity contribution is 5.95. The summed E-state index contributed by atoms with van der Waals surface area (Å²) in [6, 6.07) is 9.66. The average Bonchev–Trinajstić information content (AvgIpc) is 3.54. The van der Waals surface area contributed by atoms with E-state index in [9.17, 15) is 14.4 Å². The van der Waals surface area contributed by atoms with Gasteiger partial charge in [0.1, 0.15) is 11.8 Å². The van der Waals surface area contributed by atoms with Gasteiger partial charge in [0, 0.05) is 12.6 Å². The van der Waals surface area contributed by atoms with Gasteiger partial charge < -0.3 is 24.7 Å². The lowest BCUT2D eigenvalue weighted by Gasteiger charge is -2.33. The molecule has 184 valence electrons. The highest BCUT2D eigenvalue weighted by Crippen LogP contribution is 2.26. The predicted molar refractivity (Wildman–Crippen MR) is 128 cm³/mol. The molecule has 8 heteroatoms. The first-order chi connectivity index (χ1) is 16.4. The number of carbonyl (C=O) groups excluding carboxylic acids is 3. The zero-order valence-corrected chi connectivity index (χ0v) is 20.2. The maximum atomic E-state index is 13.5. The third kappa shape index (κ3) is 6.85. The normalized spacial score (nSPS) is 14.6. The van der Waals surface area contributed by atoms with Crippen LogP contribution < -0.4 is 15.4 Å². The standard InChI is InChI=1S/C26H35N3O5/c1-18(2)14-15-29(23(30)17-27-25(31)22-9-6-16-34-22)24(19-10-12-21(33-3)13-11-19)26(32)28-20-7-4-5-8-20/h6,9-13,16,18,20,24H,4-5,7-8,14-15,17H2,1-3H3,(H,27,31)(H,28,32)/t24-/m0/s1. The topological polar surface area (TPSA) is 101 Å². The lowest BCUT2D eigenvalue weighted by molar-refractivity contribution is -0.140. The number of ether oxygens (including phenoxy) is 1. The molecule has 0 unspecified atom stereocenters. The maximum absolute atomic E-state index is 13.5. The Bertz CT molecular complexity index is 934. The number of nitrogens with zero attached hydrogens (tertiary/aromatic N) is 1. The minimum absolute atomic E-state index is 0.119. The lowest BCUT2D eigenvalue weighted by atomic mass is 10.0. The van der Waals surface area contributed by atoms with Crippen molar-refractivity contribution < 1.29 is 23.5 Å². The minimum atomic E-state index is -0.807. The molecular weight excluding hydrogens is 434 g/mol. The Hall–Kier alpha value is -3.29. The third-order valence-electron chi connectivity index (χ3n) is 6.11. The lowest BCUT2D eigenvalue weighted by Crippen LogP contribution is -2.49. The molecule has 8 nitrogen and oxygen atoms in total. The molecule has 1 aromatic carbocycles. The highest BCUT2D eigenvalue weighted by Gasteiger charge is 2.33. The summed E-state index contributed by atoms with van der Waals surface area (Å²) in [5.41, 5.74) is 0.700. The fourth-order valence-electron chi connectivity index (χ4n) is 4.16. The van der Waals surface area contributed by atoms with Crippen LogP contribution in [0.15, 0.2) is 47.1 Å². The van der Waals surface area contributed by atoms with Crippen LogP contribution >= 0.6 is 0 Å². The van der Waals surface area contributed by atoms with Crippen molar-refractivity contribution in [2.75, 3.05) is 20.2 Å². The van der Waals surface area contributed by atoms with Gasteiger partial charge in [0.15, 0.2) is 5.76 Å². The zero-order valence-electron chi connectivity index (χ0n) is 20.2. The Morgan fingerprint density at radius 3 is 2.41 bits per heavy atom. The minimum Gasteiger partial charge on any atom is -0.497 e. The van der Waals surface area contributed by atoms with Crippen molar-refractivity contribution in [3.8, 4) is 5.75 Å². The van der Waals surface area contributed by atoms with Crippen LogP contribution in [0.1, 0.15) is 68.1 Å². The SMILES string of the molecule is COc1ccc([C@@H](C(=O)NC2CCCC2)N(CCC(C)C)C(=O)CNC(=O)c2ccco2)cc1. The number of furan rings is 1. The van der Waals surface area contributed by atoms with Gasteiger partial charge in [0.05, 0.1) is 19.9 Å². The Labute approximate surface area is 201 Å². The number of methoxy groups -OCH3 is 1. The smallest absolute Gasteiger partial charge is 0.287 e. The number of carbonyl (C=O) groups is 3. The van der Waals surface area contributed by atoms with Crippen LogP contribution in [0, 0.1) is 5.92 Å². The third-order valence-corrected chi connectivity index (χ3v) is 6.11. The monoisotopic (exact) mass is 469 g/mol. The molecular formula is C26H35N3O5. The number of amides is 3. The molecule has 1 fully saturated rings. The van der Waals surface area contributed by atoms with Crippen LogP contribution in [-0.2, 0) is 9.59 Å². The molecule has 1 heterocycles. The number of rotatable bonds is 11. The molecule has 3 rings (SSSR count). The summed E-state index contributed by atoms with van der Waals surface area (Å²) < 4.78 is 10.4. The summed E-state index contributed by atoms with van der Waals surface area (Å²) in [7, 11) is 1.58. The second kappa shape index (κ2) is 12.3. The van der Waals surface area contributed by atoms with E-state index in [0.29, 0.717) is 23.8 Å². The summed E-state index contributed by atoms with van der Waals surface area (Å²) in [5, 5.41) is 5.76. The fourth-order valence-corrected chi connectivity index (χ4v) is 4.16. The first-order valence-corrected chi connectivity index (χ1v) is 11.9. The predicted octanol–water partition coefficient (Wildman–Crippen LogP) is 3.69. The van der Waals surface area contributed by atoms with Gasteiger partial charge in [0.25, 0.3) is 5.91 Å². The van der Waals surface area contributed by atoms with Crippen LogP contribution in [-0.4, -0.2) is 48.9 Å². The van der Waals surface area contributed by atoms with Gasteiger partial charge >= 0.3 is 0 Å². The van der Waals surface area contributed by atoms with Gasteiger partial charge in [0.2, 0.25) is 11.8 Å². The number of hydrogen-bond acceptors (Lipinski definition) is 5. The van der Waals surface area contributed by atoms with E-state index in [1.54, 1.807) is 30.2 Å². The Morgan fingerprint density at radius 2 is 1.82 bits per heavy atom. The molecule has 34 heavy (non-hydrogen) atoms. The van der Waals surface area contributed by atoms with E-state index in [1.165, 1.54) is 12.3 Å². The highest BCUT2D eigenvalue weighted by atomic mass is 16.5. The first kappa shape index (κ1) is 25.3. The van der Waals surface area contributed by atoms with E-state index >= 15 is 0 Å².